The number of rotatable bonds is 4. The van der Waals surface area contributed by atoms with E-state index in [2.05, 4.69) is 36.1 Å². The van der Waals surface area contributed by atoms with Gasteiger partial charge in [0, 0.05) is 25.7 Å². The van der Waals surface area contributed by atoms with Crippen molar-refractivity contribution in [2.75, 3.05) is 32.4 Å². The van der Waals surface area contributed by atoms with Gasteiger partial charge in [0.05, 0.1) is 6.26 Å². The van der Waals surface area contributed by atoms with Gasteiger partial charge in [-0.25, -0.2) is 12.7 Å². The number of piperidine rings is 1. The fourth-order valence-corrected chi connectivity index (χ4v) is 5.11. The van der Waals surface area contributed by atoms with Crippen molar-refractivity contribution in [3.05, 3.63) is 35.4 Å². The molecular weight excluding hydrogens is 308 g/mol. The highest BCUT2D eigenvalue weighted by Crippen LogP contribution is 2.35. The summed E-state index contributed by atoms with van der Waals surface area (Å²) in [6.07, 6.45) is 5.92. The average molecular weight is 337 g/mol. The molecule has 2 saturated heterocycles. The molecule has 2 atom stereocenters. The van der Waals surface area contributed by atoms with Crippen LogP contribution in [0.15, 0.2) is 24.3 Å². The van der Waals surface area contributed by atoms with E-state index in [0.717, 1.165) is 25.9 Å². The van der Waals surface area contributed by atoms with Gasteiger partial charge in [0.15, 0.2) is 0 Å². The highest BCUT2D eigenvalue weighted by molar-refractivity contribution is 7.88. The molecule has 2 fully saturated rings. The number of nitrogens with zero attached hydrogens (tertiary/aromatic N) is 2. The van der Waals surface area contributed by atoms with Crippen LogP contribution in [0.1, 0.15) is 42.9 Å². The normalized spacial score (nSPS) is 27.4. The van der Waals surface area contributed by atoms with E-state index in [0.29, 0.717) is 25.0 Å². The van der Waals surface area contributed by atoms with Crippen molar-refractivity contribution in [1.82, 2.24) is 9.21 Å². The average Bonchev–Trinajstić information content (AvgIpc) is 2.95. The van der Waals surface area contributed by atoms with E-state index in [1.165, 1.54) is 30.2 Å². The number of aryl methyl sites for hydroxylation is 1. The summed E-state index contributed by atoms with van der Waals surface area (Å²) in [5.41, 5.74) is 2.81. The Hall–Kier alpha value is -0.910. The first-order valence-corrected chi connectivity index (χ1v) is 10.5. The van der Waals surface area contributed by atoms with Crippen LogP contribution >= 0.6 is 0 Å². The molecule has 1 aromatic rings. The molecule has 5 heteroatoms. The quantitative estimate of drug-likeness (QED) is 0.849. The molecule has 0 N–H and O–H groups in total. The second-order valence-electron chi connectivity index (χ2n) is 7.14. The predicted octanol–water partition coefficient (Wildman–Crippen LogP) is 2.80. The number of hydrogen-bond donors (Lipinski definition) is 0. The zero-order chi connectivity index (χ0) is 16.4. The number of benzene rings is 1. The van der Waals surface area contributed by atoms with Gasteiger partial charge in [0.2, 0.25) is 10.0 Å². The van der Waals surface area contributed by atoms with Gasteiger partial charge in [-0.3, -0.25) is 4.90 Å². The highest BCUT2D eigenvalue weighted by atomic mass is 32.2. The van der Waals surface area contributed by atoms with Crippen LogP contribution in [0.3, 0.4) is 0 Å². The molecule has 2 heterocycles. The molecular formula is C18H28N2O2S. The molecule has 1 aromatic carbocycles. The SMILES string of the molecule is Cc1ccccc1C1CCCN1CC1CCCN(S(C)(=O)=O)C1. The van der Waals surface area contributed by atoms with Gasteiger partial charge in [-0.2, -0.15) is 0 Å². The second-order valence-corrected chi connectivity index (χ2v) is 9.12. The van der Waals surface area contributed by atoms with Crippen molar-refractivity contribution in [1.29, 1.82) is 0 Å². The fourth-order valence-electron chi connectivity index (χ4n) is 4.17. The first-order valence-electron chi connectivity index (χ1n) is 8.70. The molecule has 2 unspecified atom stereocenters. The Balaban J connectivity index is 1.68. The zero-order valence-corrected chi connectivity index (χ0v) is 15.1. The van der Waals surface area contributed by atoms with E-state index >= 15 is 0 Å². The summed E-state index contributed by atoms with van der Waals surface area (Å²) >= 11 is 0. The van der Waals surface area contributed by atoms with Crippen LogP contribution in [0.25, 0.3) is 0 Å². The molecule has 0 aromatic heterocycles. The Morgan fingerprint density at radius 2 is 1.87 bits per heavy atom. The van der Waals surface area contributed by atoms with E-state index in [-0.39, 0.29) is 0 Å². The summed E-state index contributed by atoms with van der Waals surface area (Å²) in [7, 11) is -3.05. The third-order valence-electron chi connectivity index (χ3n) is 5.35. The molecule has 2 aliphatic rings. The van der Waals surface area contributed by atoms with Crippen LogP contribution in [0.4, 0.5) is 0 Å². The Bertz CT molecular complexity index is 644. The number of sulfonamides is 1. The molecule has 0 radical (unpaired) electrons. The lowest BCUT2D eigenvalue weighted by molar-refractivity contribution is 0.168. The van der Waals surface area contributed by atoms with Crippen LogP contribution in [-0.2, 0) is 10.0 Å². The van der Waals surface area contributed by atoms with Gasteiger partial charge in [-0.15, -0.1) is 0 Å². The lowest BCUT2D eigenvalue weighted by Gasteiger charge is -2.35. The van der Waals surface area contributed by atoms with Gasteiger partial charge >= 0.3 is 0 Å². The smallest absolute Gasteiger partial charge is 0.211 e. The van der Waals surface area contributed by atoms with E-state index in [1.54, 1.807) is 4.31 Å². The van der Waals surface area contributed by atoms with Crippen molar-refractivity contribution >= 4 is 10.0 Å². The summed E-state index contributed by atoms with van der Waals surface area (Å²) in [6, 6.07) is 9.18. The minimum atomic E-state index is -3.05. The summed E-state index contributed by atoms with van der Waals surface area (Å²) < 4.78 is 25.3. The van der Waals surface area contributed by atoms with Crippen LogP contribution in [-0.4, -0.2) is 50.1 Å². The number of likely N-dealkylation sites (tertiary alicyclic amines) is 1. The highest BCUT2D eigenvalue weighted by Gasteiger charge is 2.32. The Kier molecular flexibility index (Phi) is 5.09. The molecule has 0 amide bonds. The first kappa shape index (κ1) is 16.9. The maximum absolute atomic E-state index is 11.8. The third kappa shape index (κ3) is 3.95. The summed E-state index contributed by atoms with van der Waals surface area (Å²) in [6.45, 7) is 5.73. The van der Waals surface area contributed by atoms with Crippen LogP contribution < -0.4 is 0 Å². The van der Waals surface area contributed by atoms with E-state index < -0.39 is 10.0 Å². The summed E-state index contributed by atoms with van der Waals surface area (Å²) in [5.74, 6) is 0.461. The second kappa shape index (κ2) is 6.91. The molecule has 3 rings (SSSR count). The van der Waals surface area contributed by atoms with E-state index in [1.807, 2.05) is 0 Å². The third-order valence-corrected chi connectivity index (χ3v) is 6.62. The molecule has 0 saturated carbocycles. The van der Waals surface area contributed by atoms with Gasteiger partial charge in [0.25, 0.3) is 0 Å². The topological polar surface area (TPSA) is 40.6 Å². The maximum Gasteiger partial charge on any atom is 0.211 e. The van der Waals surface area contributed by atoms with Crippen molar-refractivity contribution in [2.45, 2.75) is 38.6 Å². The van der Waals surface area contributed by atoms with Gasteiger partial charge in [0.1, 0.15) is 0 Å². The van der Waals surface area contributed by atoms with Crippen LogP contribution in [0.5, 0.6) is 0 Å². The van der Waals surface area contributed by atoms with E-state index in [4.69, 9.17) is 0 Å². The van der Waals surface area contributed by atoms with Gasteiger partial charge in [-0.1, -0.05) is 24.3 Å². The van der Waals surface area contributed by atoms with Gasteiger partial charge < -0.3 is 0 Å². The van der Waals surface area contributed by atoms with Crippen molar-refractivity contribution < 1.29 is 8.42 Å². The molecule has 0 bridgehead atoms. The molecule has 2 aliphatic heterocycles. The largest absolute Gasteiger partial charge is 0.296 e. The predicted molar refractivity (Wildman–Crippen MR) is 93.9 cm³/mol. The lowest BCUT2D eigenvalue weighted by Crippen LogP contribution is -2.43. The molecule has 4 nitrogen and oxygen atoms in total. The minimum Gasteiger partial charge on any atom is -0.296 e. The molecule has 128 valence electrons. The molecule has 0 spiro atoms. The molecule has 0 aliphatic carbocycles. The zero-order valence-electron chi connectivity index (χ0n) is 14.2. The first-order chi connectivity index (χ1) is 10.9. The Morgan fingerprint density at radius 3 is 2.61 bits per heavy atom. The fraction of sp³-hybridized carbons (Fsp3) is 0.667. The summed E-state index contributed by atoms with van der Waals surface area (Å²) in [5, 5.41) is 0. The Morgan fingerprint density at radius 1 is 1.13 bits per heavy atom. The minimum absolute atomic E-state index is 0.461. The van der Waals surface area contributed by atoms with Crippen LogP contribution in [0, 0.1) is 12.8 Å². The molecule has 23 heavy (non-hydrogen) atoms. The van der Waals surface area contributed by atoms with Crippen molar-refractivity contribution in [2.24, 2.45) is 5.92 Å². The Labute approximate surface area is 140 Å². The lowest BCUT2D eigenvalue weighted by atomic mass is 9.96. The van der Waals surface area contributed by atoms with Gasteiger partial charge in [-0.05, 0) is 56.2 Å². The van der Waals surface area contributed by atoms with Crippen LogP contribution in [0.2, 0.25) is 0 Å². The standard InChI is InChI=1S/C18H28N2O2S/c1-15-7-3-4-9-17(15)18-10-6-11-19(18)13-16-8-5-12-20(14-16)23(2,21)22/h3-4,7,9,16,18H,5-6,8,10-14H2,1-2H3. The summed E-state index contributed by atoms with van der Waals surface area (Å²) in [4.78, 5) is 2.58. The van der Waals surface area contributed by atoms with Crippen molar-refractivity contribution in [3.8, 4) is 0 Å². The monoisotopic (exact) mass is 336 g/mol. The maximum atomic E-state index is 11.8. The van der Waals surface area contributed by atoms with Crippen molar-refractivity contribution in [3.63, 3.8) is 0 Å². The number of hydrogen-bond acceptors (Lipinski definition) is 3. The van der Waals surface area contributed by atoms with E-state index in [9.17, 15) is 8.42 Å².